The maximum Gasteiger partial charge on any atom is 0.325 e. The number of anilines is 1. The van der Waals surface area contributed by atoms with Crippen molar-refractivity contribution in [2.75, 3.05) is 4.90 Å². The first-order valence-electron chi connectivity index (χ1n) is 7.71. The van der Waals surface area contributed by atoms with Gasteiger partial charge in [-0.25, -0.2) is 9.18 Å². The van der Waals surface area contributed by atoms with E-state index in [0.29, 0.717) is 23.4 Å². The molecule has 25 heavy (non-hydrogen) atoms. The highest BCUT2D eigenvalue weighted by Crippen LogP contribution is 2.46. The van der Waals surface area contributed by atoms with E-state index in [1.807, 2.05) is 0 Å². The third kappa shape index (κ3) is 2.37. The van der Waals surface area contributed by atoms with Crippen molar-refractivity contribution >= 4 is 17.4 Å². The highest BCUT2D eigenvalue weighted by Gasteiger charge is 2.50. The number of nitrogens with zero attached hydrogens (tertiary/aromatic N) is 2. The molecule has 8 heteroatoms. The number of hydrogen-bond acceptors (Lipinski definition) is 4. The Morgan fingerprint density at radius 2 is 2.04 bits per heavy atom. The van der Waals surface area contributed by atoms with Crippen LogP contribution in [0, 0.1) is 15.9 Å². The first-order chi connectivity index (χ1) is 11.9. The number of nitro groups is 1. The minimum Gasteiger partial charge on any atom is -0.467 e. The van der Waals surface area contributed by atoms with Crippen LogP contribution in [0.3, 0.4) is 0 Å². The number of urea groups is 1. The van der Waals surface area contributed by atoms with E-state index in [1.165, 1.54) is 47.4 Å². The zero-order valence-corrected chi connectivity index (χ0v) is 13.2. The van der Waals surface area contributed by atoms with Gasteiger partial charge < -0.3 is 10.1 Å². The lowest BCUT2D eigenvalue weighted by Crippen LogP contribution is -2.65. The van der Waals surface area contributed by atoms with Gasteiger partial charge in [-0.2, -0.15) is 0 Å². The zero-order valence-electron chi connectivity index (χ0n) is 13.2. The Balaban J connectivity index is 1.77. The molecule has 0 spiro atoms. The third-order valence-electron chi connectivity index (χ3n) is 4.55. The van der Waals surface area contributed by atoms with Gasteiger partial charge in [-0.05, 0) is 37.3 Å². The van der Waals surface area contributed by atoms with Crippen molar-refractivity contribution < 1.29 is 18.8 Å². The van der Waals surface area contributed by atoms with Crippen LogP contribution >= 0.6 is 0 Å². The van der Waals surface area contributed by atoms with Crippen molar-refractivity contribution in [2.45, 2.75) is 25.1 Å². The number of rotatable bonds is 2. The minimum atomic E-state index is -0.978. The average Bonchev–Trinajstić information content (AvgIpc) is 2.55. The molecule has 2 amide bonds. The van der Waals surface area contributed by atoms with Crippen LogP contribution in [-0.2, 0) is 0 Å². The molecule has 0 unspecified atom stereocenters. The molecule has 2 aliphatic heterocycles. The van der Waals surface area contributed by atoms with Gasteiger partial charge in [0.15, 0.2) is 5.72 Å². The van der Waals surface area contributed by atoms with Crippen molar-refractivity contribution in [1.29, 1.82) is 0 Å². The first-order valence-corrected chi connectivity index (χ1v) is 7.71. The lowest BCUT2D eigenvalue weighted by atomic mass is 9.90. The average molecular weight is 343 g/mol. The Kier molecular flexibility index (Phi) is 3.18. The highest BCUT2D eigenvalue weighted by molar-refractivity contribution is 5.94. The standard InChI is InChI=1S/C17H14FN3O4/c1-17-9-14(13-8-12(21(23)24)6-7-15(13)25-17)19-16(22)20(17)11-4-2-10(18)3-5-11/h2-8,14H,9H2,1H3,(H,19,22)/t14-,17+/m1/s1. The number of carbonyl (C=O) groups excluding carboxylic acids is 1. The second-order valence-corrected chi connectivity index (χ2v) is 6.27. The van der Waals surface area contributed by atoms with Crippen molar-refractivity contribution in [2.24, 2.45) is 0 Å². The number of halogens is 1. The number of fused-ring (bicyclic) bond motifs is 4. The molecule has 1 fully saturated rings. The van der Waals surface area contributed by atoms with E-state index in [1.54, 1.807) is 6.92 Å². The summed E-state index contributed by atoms with van der Waals surface area (Å²) in [7, 11) is 0. The van der Waals surface area contributed by atoms with Crippen LogP contribution in [0.2, 0.25) is 0 Å². The molecule has 7 nitrogen and oxygen atoms in total. The largest absolute Gasteiger partial charge is 0.467 e. The van der Waals surface area contributed by atoms with Crippen LogP contribution in [0.1, 0.15) is 24.9 Å². The van der Waals surface area contributed by atoms with Gasteiger partial charge in [0.1, 0.15) is 11.6 Å². The van der Waals surface area contributed by atoms with Gasteiger partial charge in [-0.1, -0.05) is 0 Å². The number of amides is 2. The second-order valence-electron chi connectivity index (χ2n) is 6.27. The highest BCUT2D eigenvalue weighted by atomic mass is 19.1. The molecule has 4 rings (SSSR count). The smallest absolute Gasteiger partial charge is 0.325 e. The molecule has 2 atom stereocenters. The Bertz CT molecular complexity index is 886. The predicted octanol–water partition coefficient (Wildman–Crippen LogP) is 3.50. The van der Waals surface area contributed by atoms with Crippen LogP contribution < -0.4 is 15.0 Å². The van der Waals surface area contributed by atoms with Crippen LogP contribution in [0.5, 0.6) is 5.75 Å². The summed E-state index contributed by atoms with van der Waals surface area (Å²) in [4.78, 5) is 24.6. The molecule has 1 N–H and O–H groups in total. The SMILES string of the molecule is C[C@]12C[C@@H](NC(=O)N1c1ccc(F)cc1)c1cc([N+](=O)[O-])ccc1O2. The Morgan fingerprint density at radius 3 is 2.72 bits per heavy atom. The van der Waals surface area contributed by atoms with Crippen LogP contribution in [0.15, 0.2) is 42.5 Å². The molecule has 2 aromatic rings. The number of nitrogens with one attached hydrogen (secondary N) is 1. The molecule has 0 aromatic heterocycles. The van der Waals surface area contributed by atoms with Crippen molar-refractivity contribution in [1.82, 2.24) is 5.32 Å². The molecule has 128 valence electrons. The van der Waals surface area contributed by atoms with E-state index >= 15 is 0 Å². The van der Waals surface area contributed by atoms with Gasteiger partial charge in [-0.15, -0.1) is 0 Å². The summed E-state index contributed by atoms with van der Waals surface area (Å²) < 4.78 is 19.2. The van der Waals surface area contributed by atoms with Crippen molar-refractivity contribution in [3.05, 3.63) is 64.0 Å². The van der Waals surface area contributed by atoms with Crippen LogP contribution in [0.4, 0.5) is 20.6 Å². The number of benzene rings is 2. The number of nitro benzene ring substituents is 1. The first kappa shape index (κ1) is 15.4. The molecule has 2 aromatic carbocycles. The quantitative estimate of drug-likeness (QED) is 0.668. The van der Waals surface area contributed by atoms with Crippen LogP contribution in [0.25, 0.3) is 0 Å². The minimum absolute atomic E-state index is 0.0545. The van der Waals surface area contributed by atoms with E-state index in [-0.39, 0.29) is 5.69 Å². The molecule has 2 bridgehead atoms. The fraction of sp³-hybridized carbons (Fsp3) is 0.235. The summed E-state index contributed by atoms with van der Waals surface area (Å²) in [6.07, 6.45) is 0.407. The molecular formula is C17H14FN3O4. The molecule has 2 heterocycles. The predicted molar refractivity (Wildman–Crippen MR) is 86.9 cm³/mol. The second kappa shape index (κ2) is 5.17. The molecule has 0 radical (unpaired) electrons. The fourth-order valence-corrected chi connectivity index (χ4v) is 3.46. The molecular weight excluding hydrogens is 329 g/mol. The lowest BCUT2D eigenvalue weighted by Gasteiger charge is -2.50. The van der Waals surface area contributed by atoms with Gasteiger partial charge in [0.25, 0.3) is 5.69 Å². The van der Waals surface area contributed by atoms with E-state index in [2.05, 4.69) is 5.32 Å². The van der Waals surface area contributed by atoms with Gasteiger partial charge in [-0.3, -0.25) is 15.0 Å². The summed E-state index contributed by atoms with van der Waals surface area (Å²) >= 11 is 0. The summed E-state index contributed by atoms with van der Waals surface area (Å²) in [5, 5.41) is 13.8. The summed E-state index contributed by atoms with van der Waals surface area (Å²) in [6.45, 7) is 1.77. The number of carbonyl (C=O) groups is 1. The van der Waals surface area contributed by atoms with E-state index in [0.717, 1.165) is 0 Å². The number of non-ortho nitro benzene ring substituents is 1. The molecule has 2 aliphatic rings. The van der Waals surface area contributed by atoms with E-state index < -0.39 is 28.5 Å². The summed E-state index contributed by atoms with van der Waals surface area (Å²) in [6, 6.07) is 9.11. The fourth-order valence-electron chi connectivity index (χ4n) is 3.46. The van der Waals surface area contributed by atoms with Gasteiger partial charge in [0.2, 0.25) is 0 Å². The molecule has 1 saturated heterocycles. The van der Waals surface area contributed by atoms with Gasteiger partial charge >= 0.3 is 6.03 Å². The monoisotopic (exact) mass is 343 g/mol. The van der Waals surface area contributed by atoms with Gasteiger partial charge in [0, 0.05) is 29.8 Å². The molecule has 0 aliphatic carbocycles. The van der Waals surface area contributed by atoms with Gasteiger partial charge in [0.05, 0.1) is 11.0 Å². The Morgan fingerprint density at radius 1 is 1.32 bits per heavy atom. The number of hydrogen-bond donors (Lipinski definition) is 1. The Hall–Kier alpha value is -3.16. The van der Waals surface area contributed by atoms with E-state index in [9.17, 15) is 19.3 Å². The lowest BCUT2D eigenvalue weighted by molar-refractivity contribution is -0.385. The number of ether oxygens (including phenoxy) is 1. The zero-order chi connectivity index (χ0) is 17.8. The molecule has 0 saturated carbocycles. The normalized spacial score (nSPS) is 24.2. The summed E-state index contributed by atoms with van der Waals surface area (Å²) in [5.74, 6) is 0.0860. The maximum atomic E-state index is 13.2. The van der Waals surface area contributed by atoms with Crippen molar-refractivity contribution in [3.63, 3.8) is 0 Å². The van der Waals surface area contributed by atoms with Crippen molar-refractivity contribution in [3.8, 4) is 5.75 Å². The third-order valence-corrected chi connectivity index (χ3v) is 4.55. The topological polar surface area (TPSA) is 84.7 Å². The van der Waals surface area contributed by atoms with E-state index in [4.69, 9.17) is 4.74 Å². The van der Waals surface area contributed by atoms with Crippen LogP contribution in [-0.4, -0.2) is 16.7 Å². The maximum absolute atomic E-state index is 13.2. The summed E-state index contributed by atoms with van der Waals surface area (Å²) in [5.41, 5.74) is 0.0543. The Labute approximate surface area is 142 Å².